The van der Waals surface area contributed by atoms with Crippen LogP contribution in [0.2, 0.25) is 0 Å². The lowest BCUT2D eigenvalue weighted by atomic mass is 9.73. The average molecular weight is 242 g/mol. The van der Waals surface area contributed by atoms with Crippen molar-refractivity contribution in [3.05, 3.63) is 0 Å². The van der Waals surface area contributed by atoms with Gasteiger partial charge in [-0.15, -0.1) is 0 Å². The van der Waals surface area contributed by atoms with E-state index in [2.05, 4.69) is 12.2 Å². The molecule has 0 aromatic heterocycles. The highest BCUT2D eigenvalue weighted by Gasteiger charge is 2.41. The third kappa shape index (κ3) is 2.99. The minimum Gasteiger partial charge on any atom is -0.369 e. The van der Waals surface area contributed by atoms with Crippen LogP contribution in [-0.4, -0.2) is 30.7 Å². The molecule has 1 saturated carbocycles. The Morgan fingerprint density at radius 2 is 2.18 bits per heavy atom. The normalized spacial score (nSPS) is 30.1. The number of nitrogens with two attached hydrogens (primary N) is 1. The Bertz CT molecular complexity index is 279. The molecule has 2 unspecified atom stereocenters. The van der Waals surface area contributed by atoms with Crippen molar-refractivity contribution >= 4 is 5.91 Å². The summed E-state index contributed by atoms with van der Waals surface area (Å²) < 4.78 is 5.21. The molecule has 3 N–H and O–H groups in total. The van der Waals surface area contributed by atoms with Gasteiger partial charge in [-0.25, -0.2) is 0 Å². The first-order valence-corrected chi connectivity index (χ1v) is 6.46. The van der Waals surface area contributed by atoms with Crippen LogP contribution in [0.25, 0.3) is 0 Å². The Morgan fingerprint density at radius 1 is 1.53 bits per heavy atom. The van der Waals surface area contributed by atoms with Crippen molar-refractivity contribution in [2.45, 2.75) is 57.6 Å². The van der Waals surface area contributed by atoms with Gasteiger partial charge in [-0.2, -0.15) is 0 Å². The zero-order valence-electron chi connectivity index (χ0n) is 11.5. The monoisotopic (exact) mass is 242 g/mol. The predicted octanol–water partition coefficient (Wildman–Crippen LogP) is 1.44. The van der Waals surface area contributed by atoms with Crippen LogP contribution in [0.1, 0.15) is 46.5 Å². The summed E-state index contributed by atoms with van der Waals surface area (Å²) in [5.74, 6) is 0.358. The predicted molar refractivity (Wildman–Crippen MR) is 68.6 cm³/mol. The van der Waals surface area contributed by atoms with Crippen LogP contribution in [0.5, 0.6) is 0 Å². The van der Waals surface area contributed by atoms with E-state index in [1.54, 1.807) is 21.0 Å². The van der Waals surface area contributed by atoms with Crippen LogP contribution in [0.4, 0.5) is 0 Å². The number of ether oxygens (including phenoxy) is 1. The number of amides is 1. The topological polar surface area (TPSA) is 64.3 Å². The molecule has 1 aliphatic rings. The van der Waals surface area contributed by atoms with Crippen molar-refractivity contribution in [3.63, 3.8) is 0 Å². The molecule has 100 valence electrons. The second-order valence-corrected chi connectivity index (χ2v) is 5.68. The van der Waals surface area contributed by atoms with Crippen LogP contribution in [0.3, 0.4) is 0 Å². The van der Waals surface area contributed by atoms with Gasteiger partial charge in [0.25, 0.3) is 5.91 Å². The van der Waals surface area contributed by atoms with Crippen LogP contribution in [0, 0.1) is 5.92 Å². The second kappa shape index (κ2) is 5.36. The Labute approximate surface area is 104 Å². The fourth-order valence-corrected chi connectivity index (χ4v) is 2.42. The average Bonchev–Trinajstić information content (AvgIpc) is 2.32. The summed E-state index contributed by atoms with van der Waals surface area (Å²) in [6.07, 6.45) is 4.46. The molecule has 1 fully saturated rings. The molecule has 0 aromatic carbocycles. The van der Waals surface area contributed by atoms with E-state index in [4.69, 9.17) is 10.5 Å². The van der Waals surface area contributed by atoms with Gasteiger partial charge < -0.3 is 15.8 Å². The number of hydrogen-bond donors (Lipinski definition) is 2. The minimum atomic E-state index is -0.792. The van der Waals surface area contributed by atoms with Crippen molar-refractivity contribution in [1.29, 1.82) is 0 Å². The first-order chi connectivity index (χ1) is 7.88. The molecule has 0 spiro atoms. The van der Waals surface area contributed by atoms with Crippen molar-refractivity contribution in [3.8, 4) is 0 Å². The lowest BCUT2D eigenvalue weighted by molar-refractivity contribution is -0.142. The maximum atomic E-state index is 12.2. The second-order valence-electron chi connectivity index (χ2n) is 5.68. The number of hydrogen-bond acceptors (Lipinski definition) is 3. The maximum absolute atomic E-state index is 12.2. The number of carbonyl (C=O) groups is 1. The van der Waals surface area contributed by atoms with Gasteiger partial charge in [0, 0.05) is 13.7 Å². The lowest BCUT2D eigenvalue weighted by Crippen LogP contribution is -2.62. The smallest absolute Gasteiger partial charge is 0.252 e. The molecule has 17 heavy (non-hydrogen) atoms. The molecule has 0 radical (unpaired) electrons. The van der Waals surface area contributed by atoms with E-state index in [-0.39, 0.29) is 11.4 Å². The summed E-state index contributed by atoms with van der Waals surface area (Å²) in [5, 5.41) is 3.13. The van der Waals surface area contributed by atoms with Crippen LogP contribution >= 0.6 is 0 Å². The van der Waals surface area contributed by atoms with Crippen molar-refractivity contribution in [2.75, 3.05) is 13.7 Å². The van der Waals surface area contributed by atoms with E-state index >= 15 is 0 Å². The molecule has 1 amide bonds. The van der Waals surface area contributed by atoms with Crippen molar-refractivity contribution in [2.24, 2.45) is 11.7 Å². The van der Waals surface area contributed by atoms with Crippen LogP contribution in [-0.2, 0) is 9.53 Å². The number of nitrogens with one attached hydrogen (secondary N) is 1. The third-order valence-corrected chi connectivity index (χ3v) is 4.24. The molecular weight excluding hydrogens is 216 g/mol. The van der Waals surface area contributed by atoms with Crippen LogP contribution in [0.15, 0.2) is 0 Å². The van der Waals surface area contributed by atoms with E-state index in [0.29, 0.717) is 12.5 Å². The van der Waals surface area contributed by atoms with E-state index in [9.17, 15) is 4.79 Å². The molecule has 0 aliphatic heterocycles. The summed E-state index contributed by atoms with van der Waals surface area (Å²) in [4.78, 5) is 12.2. The Hall–Kier alpha value is -0.610. The van der Waals surface area contributed by atoms with Gasteiger partial charge in [0.1, 0.15) is 5.60 Å². The summed E-state index contributed by atoms with van der Waals surface area (Å²) in [6, 6.07) is 0. The minimum absolute atomic E-state index is 0.0702. The fourth-order valence-electron chi connectivity index (χ4n) is 2.42. The molecule has 4 heteroatoms. The van der Waals surface area contributed by atoms with Gasteiger partial charge in [-0.3, -0.25) is 4.79 Å². The van der Waals surface area contributed by atoms with Gasteiger partial charge in [-0.05, 0) is 32.6 Å². The molecular formula is C13H26N2O2. The highest BCUT2D eigenvalue weighted by Crippen LogP contribution is 2.33. The number of rotatable bonds is 4. The van der Waals surface area contributed by atoms with E-state index in [0.717, 1.165) is 19.3 Å². The Kier molecular flexibility index (Phi) is 4.55. The molecule has 0 aromatic rings. The Balaban J connectivity index is 2.78. The van der Waals surface area contributed by atoms with Gasteiger partial charge in [0.15, 0.2) is 0 Å². The SMILES string of the molecule is COC(C)(C)C(=O)NC1(CN)CCCCC1C. The first-order valence-electron chi connectivity index (χ1n) is 6.46. The lowest BCUT2D eigenvalue weighted by Gasteiger charge is -2.44. The summed E-state index contributed by atoms with van der Waals surface area (Å²) in [7, 11) is 1.55. The van der Waals surface area contributed by atoms with Gasteiger partial charge >= 0.3 is 0 Å². The van der Waals surface area contributed by atoms with Crippen molar-refractivity contribution < 1.29 is 9.53 Å². The highest BCUT2D eigenvalue weighted by atomic mass is 16.5. The summed E-state index contributed by atoms with van der Waals surface area (Å²) in [5.41, 5.74) is 4.87. The standard InChI is InChI=1S/C13H26N2O2/c1-10-7-5-6-8-13(10,9-14)15-11(16)12(2,3)17-4/h10H,5-9,14H2,1-4H3,(H,15,16). The highest BCUT2D eigenvalue weighted by molar-refractivity contribution is 5.85. The molecule has 1 rings (SSSR count). The van der Waals surface area contributed by atoms with E-state index in [1.807, 2.05) is 0 Å². The van der Waals surface area contributed by atoms with E-state index in [1.165, 1.54) is 6.42 Å². The first kappa shape index (κ1) is 14.5. The maximum Gasteiger partial charge on any atom is 0.252 e. The van der Waals surface area contributed by atoms with Crippen LogP contribution < -0.4 is 11.1 Å². The van der Waals surface area contributed by atoms with Gasteiger partial charge in [-0.1, -0.05) is 19.8 Å². The van der Waals surface area contributed by atoms with Crippen molar-refractivity contribution in [1.82, 2.24) is 5.32 Å². The van der Waals surface area contributed by atoms with Gasteiger partial charge in [0.2, 0.25) is 0 Å². The Morgan fingerprint density at radius 3 is 2.65 bits per heavy atom. The molecule has 2 atom stereocenters. The molecule has 4 nitrogen and oxygen atoms in total. The number of methoxy groups -OCH3 is 1. The summed E-state index contributed by atoms with van der Waals surface area (Å²) >= 11 is 0. The molecule has 1 aliphatic carbocycles. The quantitative estimate of drug-likeness (QED) is 0.784. The van der Waals surface area contributed by atoms with Gasteiger partial charge in [0.05, 0.1) is 5.54 Å². The summed E-state index contributed by atoms with van der Waals surface area (Å²) in [6.45, 7) is 6.23. The molecule has 0 heterocycles. The number of carbonyl (C=O) groups excluding carboxylic acids is 1. The molecule has 0 saturated heterocycles. The fraction of sp³-hybridized carbons (Fsp3) is 0.923. The molecule has 0 bridgehead atoms. The zero-order chi connectivity index (χ0) is 13.1. The van der Waals surface area contributed by atoms with E-state index < -0.39 is 5.60 Å². The third-order valence-electron chi connectivity index (χ3n) is 4.24. The zero-order valence-corrected chi connectivity index (χ0v) is 11.5. The largest absolute Gasteiger partial charge is 0.369 e.